The topological polar surface area (TPSA) is 51.5 Å². The van der Waals surface area contributed by atoms with Crippen LogP contribution in [0.1, 0.15) is 33.0 Å². The van der Waals surface area contributed by atoms with Gasteiger partial charge in [0.05, 0.1) is 12.9 Å². The lowest BCUT2D eigenvalue weighted by molar-refractivity contribution is -0.149. The van der Waals surface area contributed by atoms with Crippen LogP contribution in [0.15, 0.2) is 21.6 Å². The Morgan fingerprint density at radius 3 is 2.79 bits per heavy atom. The van der Waals surface area contributed by atoms with Crippen LogP contribution < -0.4 is 5.32 Å². The molecule has 0 amide bonds. The number of esters is 1. The van der Waals surface area contributed by atoms with Crippen molar-refractivity contribution in [3.63, 3.8) is 0 Å². The van der Waals surface area contributed by atoms with Crippen molar-refractivity contribution >= 4 is 17.7 Å². The Kier molecular flexibility index (Phi) is 6.45. The Bertz CT molecular complexity index is 405. The lowest BCUT2D eigenvalue weighted by Crippen LogP contribution is -2.52. The average molecular weight is 285 g/mol. The molecule has 0 aliphatic rings. The highest BCUT2D eigenvalue weighted by molar-refractivity contribution is 7.99. The number of ether oxygens (including phenoxy) is 1. The molecule has 0 fully saturated rings. The van der Waals surface area contributed by atoms with Crippen molar-refractivity contribution in [2.45, 2.75) is 44.6 Å². The number of hydrogen-bond acceptors (Lipinski definition) is 5. The van der Waals surface area contributed by atoms with Gasteiger partial charge in [0.2, 0.25) is 0 Å². The normalized spacial score (nSPS) is 14.1. The lowest BCUT2D eigenvalue weighted by Gasteiger charge is -2.28. The molecular formula is C14H23NO3S. The quantitative estimate of drug-likeness (QED) is 0.588. The number of hydrogen-bond donors (Lipinski definition) is 1. The molecule has 0 aliphatic carbocycles. The number of furan rings is 1. The molecule has 0 saturated heterocycles. The molecule has 0 radical (unpaired) electrons. The Labute approximate surface area is 119 Å². The number of thioether (sulfide) groups is 1. The van der Waals surface area contributed by atoms with E-state index >= 15 is 0 Å². The highest BCUT2D eigenvalue weighted by Gasteiger charge is 2.34. The van der Waals surface area contributed by atoms with Gasteiger partial charge in [0, 0.05) is 10.6 Å². The monoisotopic (exact) mass is 285 g/mol. The molecule has 0 spiro atoms. The summed E-state index contributed by atoms with van der Waals surface area (Å²) in [6.07, 6.45) is 2.64. The van der Waals surface area contributed by atoms with Crippen molar-refractivity contribution in [3.8, 4) is 0 Å². The van der Waals surface area contributed by atoms with Gasteiger partial charge in [-0.05, 0) is 39.8 Å². The standard InChI is InChI=1S/C14H23NO3S/c1-5-8-15-14(4,13(16)17-6-2)10-19-12-7-9-18-11(12)3/h7,9,15H,5-6,8,10H2,1-4H3. The highest BCUT2D eigenvalue weighted by Crippen LogP contribution is 2.27. The van der Waals surface area contributed by atoms with Crippen LogP contribution in [0.25, 0.3) is 0 Å². The highest BCUT2D eigenvalue weighted by atomic mass is 32.2. The Morgan fingerprint density at radius 1 is 1.53 bits per heavy atom. The van der Waals surface area contributed by atoms with Crippen molar-refractivity contribution in [3.05, 3.63) is 18.1 Å². The number of carbonyl (C=O) groups is 1. The zero-order valence-corrected chi connectivity index (χ0v) is 12.9. The lowest BCUT2D eigenvalue weighted by atomic mass is 10.1. The molecule has 1 unspecified atom stereocenters. The van der Waals surface area contributed by atoms with Crippen molar-refractivity contribution in [1.29, 1.82) is 0 Å². The SMILES string of the molecule is CCCNC(C)(CSc1ccoc1C)C(=O)OCC. The van der Waals surface area contributed by atoms with E-state index in [1.807, 2.05) is 26.8 Å². The van der Waals surface area contributed by atoms with Crippen LogP contribution in [0.5, 0.6) is 0 Å². The van der Waals surface area contributed by atoms with Gasteiger partial charge in [-0.25, -0.2) is 0 Å². The largest absolute Gasteiger partial charge is 0.468 e. The van der Waals surface area contributed by atoms with Gasteiger partial charge in [-0.15, -0.1) is 11.8 Å². The zero-order chi connectivity index (χ0) is 14.3. The maximum absolute atomic E-state index is 12.1. The van der Waals surface area contributed by atoms with Crippen molar-refractivity contribution in [1.82, 2.24) is 5.32 Å². The first-order chi connectivity index (χ1) is 9.03. The minimum Gasteiger partial charge on any atom is -0.468 e. The molecule has 1 aromatic rings. The zero-order valence-electron chi connectivity index (χ0n) is 12.1. The molecule has 0 bridgehead atoms. The predicted octanol–water partition coefficient (Wildman–Crippen LogP) is 3.00. The summed E-state index contributed by atoms with van der Waals surface area (Å²) < 4.78 is 10.4. The van der Waals surface area contributed by atoms with Crippen LogP contribution in [0.3, 0.4) is 0 Å². The van der Waals surface area contributed by atoms with Gasteiger partial charge in [0.15, 0.2) is 0 Å². The van der Waals surface area contributed by atoms with E-state index in [0.717, 1.165) is 23.6 Å². The van der Waals surface area contributed by atoms with Crippen LogP contribution in [0.2, 0.25) is 0 Å². The van der Waals surface area contributed by atoms with Crippen LogP contribution in [-0.2, 0) is 9.53 Å². The van der Waals surface area contributed by atoms with Gasteiger partial charge in [0.25, 0.3) is 0 Å². The van der Waals surface area contributed by atoms with E-state index in [1.54, 1.807) is 18.0 Å². The fraction of sp³-hybridized carbons (Fsp3) is 0.643. The van der Waals surface area contributed by atoms with E-state index in [1.165, 1.54) is 0 Å². The molecule has 4 nitrogen and oxygen atoms in total. The summed E-state index contributed by atoms with van der Waals surface area (Å²) in [6.45, 7) is 8.90. The summed E-state index contributed by atoms with van der Waals surface area (Å²) >= 11 is 1.61. The number of rotatable bonds is 8. The number of carbonyl (C=O) groups excluding carboxylic acids is 1. The molecule has 0 saturated carbocycles. The van der Waals surface area contributed by atoms with E-state index in [2.05, 4.69) is 12.2 Å². The van der Waals surface area contributed by atoms with Crippen LogP contribution >= 0.6 is 11.8 Å². The van der Waals surface area contributed by atoms with E-state index in [-0.39, 0.29) is 5.97 Å². The van der Waals surface area contributed by atoms with Gasteiger partial charge in [-0.1, -0.05) is 6.92 Å². The smallest absolute Gasteiger partial charge is 0.326 e. The first kappa shape index (κ1) is 16.1. The predicted molar refractivity (Wildman–Crippen MR) is 77.5 cm³/mol. The maximum atomic E-state index is 12.1. The summed E-state index contributed by atoms with van der Waals surface area (Å²) in [5, 5.41) is 3.29. The molecule has 0 aromatic carbocycles. The van der Waals surface area contributed by atoms with Gasteiger partial charge < -0.3 is 14.5 Å². The second kappa shape index (κ2) is 7.60. The Balaban J connectivity index is 2.68. The molecule has 1 atom stereocenters. The molecule has 108 valence electrons. The molecule has 5 heteroatoms. The Hall–Kier alpha value is -0.940. The van der Waals surface area contributed by atoms with Crippen molar-refractivity contribution in [2.24, 2.45) is 0 Å². The third-order valence-electron chi connectivity index (χ3n) is 2.82. The first-order valence-corrected chi connectivity index (χ1v) is 7.61. The van der Waals surface area contributed by atoms with Gasteiger partial charge in [0.1, 0.15) is 11.3 Å². The molecule has 1 aromatic heterocycles. The summed E-state index contributed by atoms with van der Waals surface area (Å²) in [4.78, 5) is 13.2. The second-order valence-corrected chi connectivity index (χ2v) is 5.63. The fourth-order valence-corrected chi connectivity index (χ4v) is 2.69. The molecule has 1 rings (SSSR count). The minimum atomic E-state index is -0.666. The summed E-state index contributed by atoms with van der Waals surface area (Å²) in [5.41, 5.74) is -0.666. The van der Waals surface area contributed by atoms with Crippen molar-refractivity contribution < 1.29 is 13.9 Å². The van der Waals surface area contributed by atoms with E-state index in [9.17, 15) is 4.79 Å². The molecule has 0 aliphatic heterocycles. The number of aryl methyl sites for hydroxylation is 1. The van der Waals surface area contributed by atoms with E-state index in [0.29, 0.717) is 12.4 Å². The Morgan fingerprint density at radius 2 is 2.26 bits per heavy atom. The van der Waals surface area contributed by atoms with Gasteiger partial charge in [-0.2, -0.15) is 0 Å². The summed E-state index contributed by atoms with van der Waals surface area (Å²) in [6, 6.07) is 1.92. The third kappa shape index (κ3) is 4.58. The van der Waals surface area contributed by atoms with Crippen LogP contribution in [0, 0.1) is 6.92 Å². The minimum absolute atomic E-state index is 0.197. The molecule has 19 heavy (non-hydrogen) atoms. The van der Waals surface area contributed by atoms with Gasteiger partial charge >= 0.3 is 5.97 Å². The van der Waals surface area contributed by atoms with E-state index < -0.39 is 5.54 Å². The van der Waals surface area contributed by atoms with E-state index in [4.69, 9.17) is 9.15 Å². The fourth-order valence-electron chi connectivity index (χ4n) is 1.62. The molecular weight excluding hydrogens is 262 g/mol. The summed E-state index contributed by atoms with van der Waals surface area (Å²) in [5.74, 6) is 1.30. The van der Waals surface area contributed by atoms with Crippen molar-refractivity contribution in [2.75, 3.05) is 18.9 Å². The van der Waals surface area contributed by atoms with Gasteiger partial charge in [-0.3, -0.25) is 4.79 Å². The van der Waals surface area contributed by atoms with Crippen LogP contribution in [0.4, 0.5) is 0 Å². The molecule has 1 heterocycles. The first-order valence-electron chi connectivity index (χ1n) is 6.62. The average Bonchev–Trinajstić information content (AvgIpc) is 2.80. The number of nitrogens with one attached hydrogen (secondary N) is 1. The molecule has 1 N–H and O–H groups in total. The maximum Gasteiger partial charge on any atom is 0.326 e. The second-order valence-electron chi connectivity index (χ2n) is 4.61. The third-order valence-corrected chi connectivity index (χ3v) is 4.27. The summed E-state index contributed by atoms with van der Waals surface area (Å²) in [7, 11) is 0. The van der Waals surface area contributed by atoms with Crippen LogP contribution in [-0.4, -0.2) is 30.4 Å².